The van der Waals surface area contributed by atoms with Crippen LogP contribution in [-0.4, -0.2) is 59.3 Å². The number of rotatable bonds is 9. The smallest absolute Gasteiger partial charge is 0.307 e. The number of ether oxygens (including phenoxy) is 1. The Balaban J connectivity index is 1.25. The number of hydrogen-bond donors (Lipinski definition) is 1. The third kappa shape index (κ3) is 6.25. The van der Waals surface area contributed by atoms with Crippen molar-refractivity contribution in [2.75, 3.05) is 31.1 Å². The molecule has 9 heteroatoms. The topological polar surface area (TPSA) is 65.9 Å². The van der Waals surface area contributed by atoms with Crippen LogP contribution < -0.4 is 9.64 Å². The lowest BCUT2D eigenvalue weighted by atomic mass is 9.93. The van der Waals surface area contributed by atoms with E-state index in [9.17, 15) is 4.79 Å². The van der Waals surface area contributed by atoms with Gasteiger partial charge in [0.25, 0.3) is 0 Å². The first-order valence-electron chi connectivity index (χ1n) is 12.7. The largest absolute Gasteiger partial charge is 0.492 e. The summed E-state index contributed by atoms with van der Waals surface area (Å²) < 4.78 is 7.22. The van der Waals surface area contributed by atoms with Crippen LogP contribution in [0.15, 0.2) is 36.4 Å². The molecule has 5 rings (SSSR count). The van der Waals surface area contributed by atoms with Crippen molar-refractivity contribution in [2.24, 2.45) is 0 Å². The molecule has 2 heterocycles. The number of benzene rings is 2. The van der Waals surface area contributed by atoms with Gasteiger partial charge >= 0.3 is 5.97 Å². The van der Waals surface area contributed by atoms with Gasteiger partial charge in [-0.1, -0.05) is 53.8 Å². The van der Waals surface area contributed by atoms with E-state index in [1.54, 1.807) is 29.5 Å². The van der Waals surface area contributed by atoms with Crippen LogP contribution >= 0.6 is 34.5 Å². The Kier molecular flexibility index (Phi) is 8.21. The van der Waals surface area contributed by atoms with E-state index >= 15 is 0 Å². The van der Waals surface area contributed by atoms with Crippen molar-refractivity contribution in [3.63, 3.8) is 0 Å². The lowest BCUT2D eigenvalue weighted by Gasteiger charge is -2.38. The van der Waals surface area contributed by atoms with Gasteiger partial charge in [0.05, 0.1) is 16.6 Å². The number of fused-ring (bicyclic) bond motifs is 1. The molecule has 3 aromatic rings. The lowest BCUT2D eigenvalue weighted by Crippen LogP contribution is -2.47. The highest BCUT2D eigenvalue weighted by atomic mass is 35.5. The molecular formula is C27H31Cl2N3O3S. The molecule has 1 unspecified atom stereocenters. The number of carboxylic acid groups (broad SMARTS) is 1. The molecule has 2 fully saturated rings. The Morgan fingerprint density at radius 2 is 1.92 bits per heavy atom. The van der Waals surface area contributed by atoms with E-state index in [0.717, 1.165) is 46.4 Å². The van der Waals surface area contributed by atoms with E-state index in [0.29, 0.717) is 35.0 Å². The summed E-state index contributed by atoms with van der Waals surface area (Å²) in [4.78, 5) is 21.0. The van der Waals surface area contributed by atoms with E-state index in [4.69, 9.17) is 38.0 Å². The average Bonchev–Trinajstić information content (AvgIpc) is 3.48. The number of anilines is 1. The van der Waals surface area contributed by atoms with Crippen molar-refractivity contribution < 1.29 is 14.6 Å². The van der Waals surface area contributed by atoms with Crippen LogP contribution in [0.3, 0.4) is 0 Å². The van der Waals surface area contributed by atoms with Crippen molar-refractivity contribution in [3.8, 4) is 5.75 Å². The molecule has 192 valence electrons. The number of thiazole rings is 1. The molecule has 1 saturated heterocycles. The number of aliphatic carboxylic acids is 1. The fourth-order valence-electron chi connectivity index (χ4n) is 5.53. The van der Waals surface area contributed by atoms with Crippen LogP contribution in [-0.2, 0) is 11.2 Å². The summed E-state index contributed by atoms with van der Waals surface area (Å²) in [6, 6.07) is 12.1. The van der Waals surface area contributed by atoms with Crippen LogP contribution in [0.1, 0.15) is 44.1 Å². The molecule has 2 aliphatic rings. The second-order valence-electron chi connectivity index (χ2n) is 9.74. The summed E-state index contributed by atoms with van der Waals surface area (Å²) >= 11 is 14.1. The molecule has 1 aliphatic heterocycles. The molecule has 36 heavy (non-hydrogen) atoms. The fraction of sp³-hybridized carbons (Fsp3) is 0.481. The van der Waals surface area contributed by atoms with E-state index in [1.165, 1.54) is 32.1 Å². The maximum atomic E-state index is 11.1. The van der Waals surface area contributed by atoms with E-state index in [1.807, 2.05) is 18.2 Å². The number of nitrogens with zero attached hydrogens (tertiary/aromatic N) is 3. The molecule has 1 saturated carbocycles. The predicted molar refractivity (Wildman–Crippen MR) is 147 cm³/mol. The molecule has 1 N–H and O–H groups in total. The van der Waals surface area contributed by atoms with Gasteiger partial charge in [-0.25, -0.2) is 4.98 Å². The Morgan fingerprint density at radius 3 is 2.72 bits per heavy atom. The van der Waals surface area contributed by atoms with Crippen LogP contribution in [0.5, 0.6) is 5.75 Å². The summed E-state index contributed by atoms with van der Waals surface area (Å²) in [6.45, 7) is 3.33. The Labute approximate surface area is 225 Å². The average molecular weight is 549 g/mol. The van der Waals surface area contributed by atoms with Gasteiger partial charge in [0, 0.05) is 41.8 Å². The normalized spacial score (nSPS) is 18.9. The molecular weight excluding hydrogens is 517 g/mol. The standard InChI is InChI=1S/C27H31Cl2N3O3S/c28-19-6-7-24-25(16-19)36-27(30-24)31-9-8-22(17-31)32(21-4-2-1-3-5-21)10-11-35-23-13-18(14-26(33)34)12-20(29)15-23/h6-7,12-13,15-16,21-22H,1-5,8-11,14,17H2,(H,33,34). The first-order valence-corrected chi connectivity index (χ1v) is 14.2. The number of hydrogen-bond acceptors (Lipinski definition) is 6. The third-order valence-corrected chi connectivity index (χ3v) is 8.72. The molecule has 1 aromatic heterocycles. The molecule has 0 amide bonds. The minimum absolute atomic E-state index is 0.0685. The first kappa shape index (κ1) is 25.6. The molecule has 0 spiro atoms. The second kappa shape index (κ2) is 11.5. The van der Waals surface area contributed by atoms with Crippen LogP contribution in [0.2, 0.25) is 10.0 Å². The number of halogens is 2. The van der Waals surface area contributed by atoms with Crippen molar-refractivity contribution in [2.45, 2.75) is 57.0 Å². The van der Waals surface area contributed by atoms with Crippen LogP contribution in [0, 0.1) is 0 Å². The maximum Gasteiger partial charge on any atom is 0.307 e. The molecule has 1 atom stereocenters. The van der Waals surface area contributed by atoms with Gasteiger partial charge in [0.2, 0.25) is 0 Å². The van der Waals surface area contributed by atoms with E-state index in [2.05, 4.69) is 9.80 Å². The molecule has 1 aliphatic carbocycles. The molecule has 0 radical (unpaired) electrons. The van der Waals surface area contributed by atoms with Gasteiger partial charge in [0.1, 0.15) is 12.4 Å². The predicted octanol–water partition coefficient (Wildman–Crippen LogP) is 6.52. The van der Waals surface area contributed by atoms with E-state index < -0.39 is 5.97 Å². The Bertz CT molecular complexity index is 1210. The zero-order valence-electron chi connectivity index (χ0n) is 20.2. The van der Waals surface area contributed by atoms with Crippen LogP contribution in [0.4, 0.5) is 5.13 Å². The highest BCUT2D eigenvalue weighted by molar-refractivity contribution is 7.22. The lowest BCUT2D eigenvalue weighted by molar-refractivity contribution is -0.136. The van der Waals surface area contributed by atoms with Crippen molar-refractivity contribution in [1.29, 1.82) is 0 Å². The number of carboxylic acids is 1. The van der Waals surface area contributed by atoms with Gasteiger partial charge in [0.15, 0.2) is 5.13 Å². The summed E-state index contributed by atoms with van der Waals surface area (Å²) in [7, 11) is 0. The summed E-state index contributed by atoms with van der Waals surface area (Å²) in [5, 5.41) is 11.4. The fourth-order valence-corrected chi connectivity index (χ4v) is 7.06. The maximum absolute atomic E-state index is 11.1. The van der Waals surface area contributed by atoms with Gasteiger partial charge in [-0.3, -0.25) is 9.69 Å². The van der Waals surface area contributed by atoms with Gasteiger partial charge < -0.3 is 14.7 Å². The van der Waals surface area contributed by atoms with Crippen LogP contribution in [0.25, 0.3) is 10.2 Å². The van der Waals surface area contributed by atoms with Crippen molar-refractivity contribution >= 4 is 55.9 Å². The van der Waals surface area contributed by atoms with Crippen molar-refractivity contribution in [3.05, 3.63) is 52.0 Å². The van der Waals surface area contributed by atoms with Gasteiger partial charge in [-0.2, -0.15) is 0 Å². The monoisotopic (exact) mass is 547 g/mol. The third-order valence-electron chi connectivity index (χ3n) is 7.19. The minimum Gasteiger partial charge on any atom is -0.492 e. The van der Waals surface area contributed by atoms with E-state index in [-0.39, 0.29) is 6.42 Å². The Morgan fingerprint density at radius 1 is 1.08 bits per heavy atom. The first-order chi connectivity index (χ1) is 17.4. The molecule has 0 bridgehead atoms. The quantitative estimate of drug-likeness (QED) is 0.328. The highest BCUT2D eigenvalue weighted by Gasteiger charge is 2.33. The zero-order valence-corrected chi connectivity index (χ0v) is 22.5. The molecule has 6 nitrogen and oxygen atoms in total. The summed E-state index contributed by atoms with van der Waals surface area (Å²) in [6.07, 6.45) is 7.38. The second-order valence-corrected chi connectivity index (χ2v) is 11.6. The van der Waals surface area contributed by atoms with Crippen molar-refractivity contribution in [1.82, 2.24) is 9.88 Å². The summed E-state index contributed by atoms with van der Waals surface area (Å²) in [5.74, 6) is -0.253. The number of carbonyl (C=O) groups is 1. The number of aromatic nitrogens is 1. The SMILES string of the molecule is O=C(O)Cc1cc(Cl)cc(OCCN(C2CCCCC2)C2CCN(c3nc4ccc(Cl)cc4s3)C2)c1. The van der Waals surface area contributed by atoms with Gasteiger partial charge in [-0.05, 0) is 61.2 Å². The molecule has 2 aromatic carbocycles. The highest BCUT2D eigenvalue weighted by Crippen LogP contribution is 2.34. The summed E-state index contributed by atoms with van der Waals surface area (Å²) in [5.41, 5.74) is 1.65. The Hall–Kier alpha value is -2.06. The van der Waals surface area contributed by atoms with Gasteiger partial charge in [-0.15, -0.1) is 0 Å². The zero-order chi connectivity index (χ0) is 25.1. The minimum atomic E-state index is -0.881.